The molecule has 0 atom stereocenters. The second-order valence-corrected chi connectivity index (χ2v) is 5.93. The molecular weight excluding hydrogens is 278 g/mol. The Kier molecular flexibility index (Phi) is 6.35. The zero-order valence-corrected chi connectivity index (χ0v) is 14.1. The average molecular weight is 303 g/mol. The molecule has 0 N–H and O–H groups in total. The first kappa shape index (κ1) is 18.0. The van der Waals surface area contributed by atoms with E-state index in [1.807, 2.05) is 40.7 Å². The Hall–Kier alpha value is -2.10. The summed E-state index contributed by atoms with van der Waals surface area (Å²) in [6, 6.07) is 7.11. The van der Waals surface area contributed by atoms with E-state index in [9.17, 15) is 9.59 Å². The van der Waals surface area contributed by atoms with E-state index in [0.29, 0.717) is 24.2 Å². The van der Waals surface area contributed by atoms with Gasteiger partial charge in [0.25, 0.3) is 0 Å². The van der Waals surface area contributed by atoms with Crippen LogP contribution in [0, 0.1) is 0 Å². The quantitative estimate of drug-likeness (QED) is 0.617. The molecular formula is C18H25NO3. The molecule has 0 heterocycles. The summed E-state index contributed by atoms with van der Waals surface area (Å²) < 4.78 is 5.39. The van der Waals surface area contributed by atoms with Crippen molar-refractivity contribution in [2.24, 2.45) is 0 Å². The van der Waals surface area contributed by atoms with Gasteiger partial charge >= 0.3 is 5.97 Å². The smallest absolute Gasteiger partial charge is 0.339 e. The average Bonchev–Trinajstić information content (AvgIpc) is 2.45. The number of benzene rings is 1. The topological polar surface area (TPSA) is 46.6 Å². The maximum absolute atomic E-state index is 12.2. The predicted octanol–water partition coefficient (Wildman–Crippen LogP) is 3.52. The molecule has 0 unspecified atom stereocenters. The van der Waals surface area contributed by atoms with Gasteiger partial charge in [-0.1, -0.05) is 18.2 Å². The van der Waals surface area contributed by atoms with Crippen LogP contribution in [-0.2, 0) is 9.53 Å². The molecule has 0 aliphatic carbocycles. The van der Waals surface area contributed by atoms with Gasteiger partial charge in [-0.2, -0.15) is 0 Å². The standard InChI is InChI=1S/C18H25NO3/c1-6-19(7-2)16(20)13-12-14-10-8-9-11-15(14)17(21)22-18(3,4)5/h8-13H,6-7H2,1-5H3/b13-12+. The van der Waals surface area contributed by atoms with Crippen LogP contribution in [0.4, 0.5) is 0 Å². The van der Waals surface area contributed by atoms with Crippen molar-refractivity contribution >= 4 is 18.0 Å². The number of hydrogen-bond acceptors (Lipinski definition) is 3. The Balaban J connectivity index is 2.97. The molecule has 0 aliphatic rings. The number of hydrogen-bond donors (Lipinski definition) is 0. The number of likely N-dealkylation sites (N-methyl/N-ethyl adjacent to an activating group) is 1. The molecule has 1 amide bonds. The molecule has 0 bridgehead atoms. The van der Waals surface area contributed by atoms with E-state index in [2.05, 4.69) is 0 Å². The van der Waals surface area contributed by atoms with E-state index in [1.165, 1.54) is 6.08 Å². The Bertz CT molecular complexity index is 552. The summed E-state index contributed by atoms with van der Waals surface area (Å²) in [5, 5.41) is 0. The lowest BCUT2D eigenvalue weighted by Crippen LogP contribution is -2.28. The molecule has 0 fully saturated rings. The summed E-state index contributed by atoms with van der Waals surface area (Å²) >= 11 is 0. The van der Waals surface area contributed by atoms with Crippen molar-refractivity contribution < 1.29 is 14.3 Å². The number of rotatable bonds is 5. The number of carbonyl (C=O) groups is 2. The largest absolute Gasteiger partial charge is 0.456 e. The molecule has 0 aromatic heterocycles. The van der Waals surface area contributed by atoms with Crippen LogP contribution < -0.4 is 0 Å². The molecule has 22 heavy (non-hydrogen) atoms. The Morgan fingerprint density at radius 1 is 1.14 bits per heavy atom. The van der Waals surface area contributed by atoms with Crippen LogP contribution in [0.3, 0.4) is 0 Å². The molecule has 0 saturated carbocycles. The zero-order chi connectivity index (χ0) is 16.8. The van der Waals surface area contributed by atoms with Crippen molar-refractivity contribution in [2.45, 2.75) is 40.2 Å². The maximum atomic E-state index is 12.2. The zero-order valence-electron chi connectivity index (χ0n) is 14.1. The number of carbonyl (C=O) groups excluding carboxylic acids is 2. The van der Waals surface area contributed by atoms with Gasteiger partial charge in [0.15, 0.2) is 0 Å². The fraction of sp³-hybridized carbons (Fsp3) is 0.444. The molecule has 0 radical (unpaired) electrons. The van der Waals surface area contributed by atoms with E-state index in [1.54, 1.807) is 29.2 Å². The summed E-state index contributed by atoms with van der Waals surface area (Å²) in [4.78, 5) is 25.9. The van der Waals surface area contributed by atoms with Crippen LogP contribution in [-0.4, -0.2) is 35.5 Å². The summed E-state index contributed by atoms with van der Waals surface area (Å²) in [5.74, 6) is -0.452. The SMILES string of the molecule is CCN(CC)C(=O)/C=C/c1ccccc1C(=O)OC(C)(C)C. The number of esters is 1. The molecule has 0 saturated heterocycles. The fourth-order valence-electron chi connectivity index (χ4n) is 1.96. The summed E-state index contributed by atoms with van der Waals surface area (Å²) in [5.41, 5.74) is 0.587. The molecule has 1 aromatic carbocycles. The van der Waals surface area contributed by atoms with Gasteiger partial charge in [-0.15, -0.1) is 0 Å². The lowest BCUT2D eigenvalue weighted by atomic mass is 10.1. The van der Waals surface area contributed by atoms with Crippen LogP contribution >= 0.6 is 0 Å². The van der Waals surface area contributed by atoms with Gasteiger partial charge in [-0.05, 0) is 52.3 Å². The lowest BCUT2D eigenvalue weighted by Gasteiger charge is -2.20. The molecule has 1 aromatic rings. The Morgan fingerprint density at radius 3 is 2.27 bits per heavy atom. The van der Waals surface area contributed by atoms with E-state index >= 15 is 0 Å². The second-order valence-electron chi connectivity index (χ2n) is 5.93. The molecule has 0 spiro atoms. The molecule has 1 rings (SSSR count). The third kappa shape index (κ3) is 5.35. The van der Waals surface area contributed by atoms with Crippen LogP contribution in [0.15, 0.2) is 30.3 Å². The van der Waals surface area contributed by atoms with Gasteiger partial charge < -0.3 is 9.64 Å². The van der Waals surface area contributed by atoms with Crippen molar-refractivity contribution in [3.8, 4) is 0 Å². The first-order valence-corrected chi connectivity index (χ1v) is 7.57. The van der Waals surface area contributed by atoms with Crippen molar-refractivity contribution in [3.63, 3.8) is 0 Å². The Labute approximate surface area is 132 Å². The van der Waals surface area contributed by atoms with E-state index < -0.39 is 5.60 Å². The molecule has 120 valence electrons. The van der Waals surface area contributed by atoms with Gasteiger partial charge in [-0.25, -0.2) is 4.79 Å². The van der Waals surface area contributed by atoms with Crippen molar-refractivity contribution in [1.82, 2.24) is 4.90 Å². The first-order valence-electron chi connectivity index (χ1n) is 7.57. The van der Waals surface area contributed by atoms with Gasteiger partial charge in [0.2, 0.25) is 5.91 Å². The summed E-state index contributed by atoms with van der Waals surface area (Å²) in [6.07, 6.45) is 3.16. The lowest BCUT2D eigenvalue weighted by molar-refractivity contribution is -0.125. The summed E-state index contributed by atoms with van der Waals surface area (Å²) in [7, 11) is 0. The highest BCUT2D eigenvalue weighted by Crippen LogP contribution is 2.16. The van der Waals surface area contributed by atoms with Gasteiger partial charge in [0.05, 0.1) is 5.56 Å². The monoisotopic (exact) mass is 303 g/mol. The van der Waals surface area contributed by atoms with Crippen LogP contribution in [0.1, 0.15) is 50.5 Å². The highest BCUT2D eigenvalue weighted by molar-refractivity contribution is 5.97. The van der Waals surface area contributed by atoms with Crippen molar-refractivity contribution in [1.29, 1.82) is 0 Å². The highest BCUT2D eigenvalue weighted by atomic mass is 16.6. The normalized spacial score (nSPS) is 11.5. The minimum atomic E-state index is -0.551. The molecule has 4 heteroatoms. The number of nitrogens with zero attached hydrogens (tertiary/aromatic N) is 1. The highest BCUT2D eigenvalue weighted by Gasteiger charge is 2.19. The molecule has 4 nitrogen and oxygen atoms in total. The van der Waals surface area contributed by atoms with Gasteiger partial charge in [0, 0.05) is 19.2 Å². The van der Waals surface area contributed by atoms with Gasteiger partial charge in [0.1, 0.15) is 5.60 Å². The predicted molar refractivity (Wildman–Crippen MR) is 88.6 cm³/mol. The van der Waals surface area contributed by atoms with Crippen LogP contribution in [0.25, 0.3) is 6.08 Å². The minimum Gasteiger partial charge on any atom is -0.456 e. The van der Waals surface area contributed by atoms with Crippen LogP contribution in [0.5, 0.6) is 0 Å². The number of ether oxygens (including phenoxy) is 1. The van der Waals surface area contributed by atoms with Crippen molar-refractivity contribution in [2.75, 3.05) is 13.1 Å². The second kappa shape index (κ2) is 7.78. The third-order valence-corrected chi connectivity index (χ3v) is 3.06. The first-order chi connectivity index (χ1) is 10.3. The van der Waals surface area contributed by atoms with E-state index in [4.69, 9.17) is 4.74 Å². The van der Waals surface area contributed by atoms with Crippen molar-refractivity contribution in [3.05, 3.63) is 41.5 Å². The Morgan fingerprint density at radius 2 is 1.73 bits per heavy atom. The van der Waals surface area contributed by atoms with Gasteiger partial charge in [-0.3, -0.25) is 4.79 Å². The van der Waals surface area contributed by atoms with E-state index in [0.717, 1.165) is 0 Å². The van der Waals surface area contributed by atoms with E-state index in [-0.39, 0.29) is 11.9 Å². The maximum Gasteiger partial charge on any atom is 0.339 e. The molecule has 0 aliphatic heterocycles. The third-order valence-electron chi connectivity index (χ3n) is 3.06. The number of amides is 1. The minimum absolute atomic E-state index is 0.0657. The van der Waals surface area contributed by atoms with Crippen LogP contribution in [0.2, 0.25) is 0 Å². The fourth-order valence-corrected chi connectivity index (χ4v) is 1.96. The summed E-state index contributed by atoms with van der Waals surface area (Å²) in [6.45, 7) is 10.7.